The van der Waals surface area contributed by atoms with E-state index in [9.17, 15) is 4.79 Å². The van der Waals surface area contributed by atoms with E-state index in [1.165, 1.54) is 0 Å². The fraction of sp³-hybridized carbons (Fsp3) is 0.471. The van der Waals surface area contributed by atoms with Crippen LogP contribution in [0.5, 0.6) is 0 Å². The van der Waals surface area contributed by atoms with Gasteiger partial charge in [-0.05, 0) is 42.5 Å². The number of nitrogens with one attached hydrogen (secondary N) is 2. The van der Waals surface area contributed by atoms with Crippen LogP contribution in [0.1, 0.15) is 43.9 Å². The van der Waals surface area contributed by atoms with Crippen LogP contribution in [-0.2, 0) is 6.54 Å². The molecule has 0 atom stereocenters. The molecule has 2 heterocycles. The van der Waals surface area contributed by atoms with E-state index in [2.05, 4.69) is 36.3 Å². The van der Waals surface area contributed by atoms with E-state index in [0.717, 1.165) is 53.1 Å². The molecule has 1 fully saturated rings. The van der Waals surface area contributed by atoms with Crippen LogP contribution in [-0.4, -0.2) is 29.0 Å². The summed E-state index contributed by atoms with van der Waals surface area (Å²) in [6.07, 6.45) is 2.21. The minimum Gasteiger partial charge on any atom is -0.357 e. The second kappa shape index (κ2) is 6.21. The van der Waals surface area contributed by atoms with Crippen molar-refractivity contribution >= 4 is 28.5 Å². The van der Waals surface area contributed by atoms with Crippen LogP contribution in [0.3, 0.4) is 0 Å². The Morgan fingerprint density at radius 1 is 1.32 bits per heavy atom. The van der Waals surface area contributed by atoms with Crippen molar-refractivity contribution in [2.75, 3.05) is 13.1 Å². The van der Waals surface area contributed by atoms with Crippen molar-refractivity contribution in [3.05, 3.63) is 34.5 Å². The van der Waals surface area contributed by atoms with Crippen molar-refractivity contribution in [2.45, 2.75) is 39.2 Å². The molecule has 4 nitrogen and oxygen atoms in total. The van der Waals surface area contributed by atoms with Gasteiger partial charge in [-0.3, -0.25) is 0 Å². The van der Waals surface area contributed by atoms with Gasteiger partial charge in [0.25, 0.3) is 0 Å². The Balaban J connectivity index is 1.73. The number of carbonyl (C=O) groups is 1. The van der Waals surface area contributed by atoms with Gasteiger partial charge in [0.1, 0.15) is 0 Å². The summed E-state index contributed by atoms with van der Waals surface area (Å²) in [5, 5.41) is 4.86. The first-order valence-electron chi connectivity index (χ1n) is 7.88. The molecule has 2 amide bonds. The van der Waals surface area contributed by atoms with E-state index in [4.69, 9.17) is 11.6 Å². The van der Waals surface area contributed by atoms with Crippen LogP contribution in [0.15, 0.2) is 18.2 Å². The minimum absolute atomic E-state index is 0.0251. The Labute approximate surface area is 135 Å². The van der Waals surface area contributed by atoms with Gasteiger partial charge in [0.2, 0.25) is 0 Å². The number of hydrogen-bond donors (Lipinski definition) is 2. The lowest BCUT2D eigenvalue weighted by Gasteiger charge is -2.15. The smallest absolute Gasteiger partial charge is 0.317 e. The molecule has 2 N–H and O–H groups in total. The number of hydrogen-bond acceptors (Lipinski definition) is 1. The summed E-state index contributed by atoms with van der Waals surface area (Å²) in [5.74, 6) is 0.388. The average molecular weight is 320 g/mol. The lowest BCUT2D eigenvalue weighted by molar-refractivity contribution is 0.208. The average Bonchev–Trinajstić information content (AvgIpc) is 3.12. The maximum atomic E-state index is 12.0. The minimum atomic E-state index is 0.0251. The lowest BCUT2D eigenvalue weighted by atomic mass is 10.0. The molecule has 5 heteroatoms. The summed E-state index contributed by atoms with van der Waals surface area (Å²) in [7, 11) is 0. The standard InChI is InChI=1S/C17H22ClN3O/c1-11(2)14-9-16-12(8-15(14)18)7-13(20-16)10-19-17(22)21-5-3-4-6-21/h7-9,11,20H,3-6,10H2,1-2H3,(H,19,22). The molecule has 1 aromatic carbocycles. The van der Waals surface area contributed by atoms with Gasteiger partial charge in [0.05, 0.1) is 6.54 Å². The highest BCUT2D eigenvalue weighted by molar-refractivity contribution is 6.32. The summed E-state index contributed by atoms with van der Waals surface area (Å²) in [4.78, 5) is 17.3. The van der Waals surface area contributed by atoms with Crippen LogP contribution in [0, 0.1) is 0 Å². The number of aromatic nitrogens is 1. The highest BCUT2D eigenvalue weighted by Crippen LogP contribution is 2.29. The van der Waals surface area contributed by atoms with Gasteiger partial charge in [0.15, 0.2) is 0 Å². The quantitative estimate of drug-likeness (QED) is 0.873. The van der Waals surface area contributed by atoms with E-state index < -0.39 is 0 Å². The van der Waals surface area contributed by atoms with Crippen LogP contribution in [0.25, 0.3) is 10.9 Å². The van der Waals surface area contributed by atoms with E-state index >= 15 is 0 Å². The number of H-pyrrole nitrogens is 1. The maximum absolute atomic E-state index is 12.0. The second-order valence-electron chi connectivity index (χ2n) is 6.26. The van der Waals surface area contributed by atoms with Crippen LogP contribution < -0.4 is 5.32 Å². The summed E-state index contributed by atoms with van der Waals surface area (Å²) in [6.45, 7) is 6.51. The number of benzene rings is 1. The number of carbonyl (C=O) groups excluding carboxylic acids is 1. The Bertz CT molecular complexity index is 687. The third-order valence-electron chi connectivity index (χ3n) is 4.24. The van der Waals surface area contributed by atoms with Crippen molar-refractivity contribution in [3.63, 3.8) is 0 Å². The number of aromatic amines is 1. The Hall–Kier alpha value is -1.68. The fourth-order valence-corrected chi connectivity index (χ4v) is 3.36. The normalized spacial score (nSPS) is 15.0. The van der Waals surface area contributed by atoms with Gasteiger partial charge in [-0.25, -0.2) is 4.79 Å². The van der Waals surface area contributed by atoms with Gasteiger partial charge in [-0.1, -0.05) is 25.4 Å². The summed E-state index contributed by atoms with van der Waals surface area (Å²) in [6, 6.07) is 6.18. The number of urea groups is 1. The molecule has 0 bridgehead atoms. The molecule has 0 radical (unpaired) electrons. The van der Waals surface area contributed by atoms with Gasteiger partial charge in [-0.15, -0.1) is 0 Å². The van der Waals surface area contributed by atoms with Gasteiger partial charge < -0.3 is 15.2 Å². The number of halogens is 1. The SMILES string of the molecule is CC(C)c1cc2[nH]c(CNC(=O)N3CCCC3)cc2cc1Cl. The molecule has 0 spiro atoms. The number of rotatable bonds is 3. The first-order chi connectivity index (χ1) is 10.5. The number of amides is 2. The zero-order valence-electron chi connectivity index (χ0n) is 13.1. The van der Waals surface area contributed by atoms with Crippen molar-refractivity contribution in [1.82, 2.24) is 15.2 Å². The molecule has 3 rings (SSSR count). The monoisotopic (exact) mass is 319 g/mol. The van der Waals surface area contributed by atoms with Crippen molar-refractivity contribution < 1.29 is 4.79 Å². The first kappa shape index (κ1) is 15.2. The van der Waals surface area contributed by atoms with E-state index in [-0.39, 0.29) is 6.03 Å². The van der Waals surface area contributed by atoms with Gasteiger partial charge in [0, 0.05) is 34.7 Å². The molecule has 22 heavy (non-hydrogen) atoms. The largest absolute Gasteiger partial charge is 0.357 e. The predicted octanol–water partition coefficient (Wildman–Crippen LogP) is 4.25. The first-order valence-corrected chi connectivity index (χ1v) is 8.26. The number of likely N-dealkylation sites (tertiary alicyclic amines) is 1. The second-order valence-corrected chi connectivity index (χ2v) is 6.67. The number of fused-ring (bicyclic) bond motifs is 1. The molecule has 0 unspecified atom stereocenters. The molecule has 1 aromatic heterocycles. The Morgan fingerprint density at radius 2 is 2.05 bits per heavy atom. The number of nitrogens with zero attached hydrogens (tertiary/aromatic N) is 1. The zero-order chi connectivity index (χ0) is 15.7. The molecule has 1 saturated heterocycles. The lowest BCUT2D eigenvalue weighted by Crippen LogP contribution is -2.37. The fourth-order valence-electron chi connectivity index (χ4n) is 2.97. The zero-order valence-corrected chi connectivity index (χ0v) is 13.8. The molecular formula is C17H22ClN3O. The molecule has 0 aliphatic carbocycles. The van der Waals surface area contributed by atoms with E-state index in [1.54, 1.807) is 0 Å². The summed E-state index contributed by atoms with van der Waals surface area (Å²) < 4.78 is 0. The van der Waals surface area contributed by atoms with Crippen molar-refractivity contribution in [2.24, 2.45) is 0 Å². The topological polar surface area (TPSA) is 48.1 Å². The molecule has 118 valence electrons. The predicted molar refractivity (Wildman–Crippen MR) is 90.4 cm³/mol. The van der Waals surface area contributed by atoms with E-state index in [0.29, 0.717) is 12.5 Å². The van der Waals surface area contributed by atoms with Crippen LogP contribution >= 0.6 is 11.6 Å². The van der Waals surface area contributed by atoms with Crippen LogP contribution in [0.4, 0.5) is 4.79 Å². The van der Waals surface area contributed by atoms with Gasteiger partial charge >= 0.3 is 6.03 Å². The van der Waals surface area contributed by atoms with Crippen molar-refractivity contribution in [1.29, 1.82) is 0 Å². The maximum Gasteiger partial charge on any atom is 0.317 e. The highest BCUT2D eigenvalue weighted by Gasteiger charge is 2.17. The molecule has 0 saturated carbocycles. The van der Waals surface area contributed by atoms with Crippen LogP contribution in [0.2, 0.25) is 5.02 Å². The Morgan fingerprint density at radius 3 is 2.73 bits per heavy atom. The molecular weight excluding hydrogens is 298 g/mol. The third-order valence-corrected chi connectivity index (χ3v) is 4.57. The molecule has 2 aromatic rings. The summed E-state index contributed by atoms with van der Waals surface area (Å²) in [5.41, 5.74) is 3.21. The Kier molecular flexibility index (Phi) is 4.30. The van der Waals surface area contributed by atoms with E-state index in [1.807, 2.05) is 11.0 Å². The van der Waals surface area contributed by atoms with Crippen molar-refractivity contribution in [3.8, 4) is 0 Å². The summed E-state index contributed by atoms with van der Waals surface area (Å²) >= 11 is 6.33. The van der Waals surface area contributed by atoms with Gasteiger partial charge in [-0.2, -0.15) is 0 Å². The third kappa shape index (κ3) is 3.07. The highest BCUT2D eigenvalue weighted by atomic mass is 35.5. The molecule has 1 aliphatic rings. The molecule has 1 aliphatic heterocycles.